The zero-order chi connectivity index (χ0) is 14.0. The second kappa shape index (κ2) is 5.52. The van der Waals surface area contributed by atoms with Crippen molar-refractivity contribution < 1.29 is 14.1 Å². The summed E-state index contributed by atoms with van der Waals surface area (Å²) < 4.78 is 12.9. The molecule has 1 aromatic rings. The van der Waals surface area contributed by atoms with E-state index in [9.17, 15) is 19.3 Å². The van der Waals surface area contributed by atoms with Crippen LogP contribution in [0.4, 0.5) is 10.1 Å². The van der Waals surface area contributed by atoms with Crippen LogP contribution in [-0.4, -0.2) is 22.8 Å². The lowest BCUT2D eigenvalue weighted by Gasteiger charge is -2.09. The lowest BCUT2D eigenvalue weighted by Crippen LogP contribution is -2.31. The van der Waals surface area contributed by atoms with Gasteiger partial charge >= 0.3 is 0 Å². The lowest BCUT2D eigenvalue weighted by molar-refractivity contribution is -0.385. The van der Waals surface area contributed by atoms with E-state index in [1.54, 1.807) is 0 Å². The number of nitrogens with one attached hydrogen (secondary N) is 1. The fraction of sp³-hybridized carbons (Fsp3) is 0.417. The maximum absolute atomic E-state index is 12.9. The highest BCUT2D eigenvalue weighted by molar-refractivity contribution is 6.21. The molecule has 19 heavy (non-hydrogen) atoms. The summed E-state index contributed by atoms with van der Waals surface area (Å²) in [5.41, 5.74) is -0.707. The number of carbonyl (C=O) groups excluding carboxylic acids is 1. The van der Waals surface area contributed by atoms with Gasteiger partial charge in [-0.3, -0.25) is 14.9 Å². The second-order valence-corrected chi connectivity index (χ2v) is 5.04. The first-order chi connectivity index (χ1) is 8.99. The molecule has 1 aliphatic rings. The normalized spacial score (nSPS) is 15.9. The average molecular weight is 287 g/mol. The quantitative estimate of drug-likeness (QED) is 0.513. The highest BCUT2D eigenvalue weighted by Gasteiger charge is 2.30. The van der Waals surface area contributed by atoms with Crippen molar-refractivity contribution in [2.45, 2.75) is 18.2 Å². The van der Waals surface area contributed by atoms with Crippen LogP contribution in [-0.2, 0) is 0 Å². The van der Waals surface area contributed by atoms with Gasteiger partial charge < -0.3 is 5.32 Å². The third-order valence-corrected chi connectivity index (χ3v) is 3.50. The Morgan fingerprint density at radius 1 is 1.58 bits per heavy atom. The van der Waals surface area contributed by atoms with Crippen LogP contribution >= 0.6 is 11.6 Å². The van der Waals surface area contributed by atoms with Crippen molar-refractivity contribution in [1.82, 2.24) is 5.32 Å². The van der Waals surface area contributed by atoms with E-state index >= 15 is 0 Å². The summed E-state index contributed by atoms with van der Waals surface area (Å²) in [6.45, 7) is 0.250. The van der Waals surface area contributed by atoms with Crippen LogP contribution in [0.5, 0.6) is 0 Å². The van der Waals surface area contributed by atoms with Crippen LogP contribution in [0.2, 0.25) is 0 Å². The molecule has 1 fully saturated rings. The highest BCUT2D eigenvalue weighted by atomic mass is 35.5. The van der Waals surface area contributed by atoms with E-state index < -0.39 is 22.3 Å². The van der Waals surface area contributed by atoms with Gasteiger partial charge in [0.2, 0.25) is 0 Å². The third-order valence-electron chi connectivity index (χ3n) is 2.99. The van der Waals surface area contributed by atoms with Gasteiger partial charge in [-0.25, -0.2) is 4.39 Å². The van der Waals surface area contributed by atoms with Crippen molar-refractivity contribution in [1.29, 1.82) is 0 Å². The predicted octanol–water partition coefficient (Wildman–Crippen LogP) is 2.48. The van der Waals surface area contributed by atoms with Crippen molar-refractivity contribution in [2.75, 3.05) is 6.54 Å². The molecular weight excluding hydrogens is 275 g/mol. The number of amides is 1. The van der Waals surface area contributed by atoms with E-state index in [0.29, 0.717) is 5.92 Å². The molecule has 102 valence electrons. The Morgan fingerprint density at radius 2 is 2.26 bits per heavy atom. The molecule has 0 saturated heterocycles. The number of alkyl halides is 1. The van der Waals surface area contributed by atoms with Crippen LogP contribution in [0.3, 0.4) is 0 Å². The minimum absolute atomic E-state index is 0.161. The highest BCUT2D eigenvalue weighted by Crippen LogP contribution is 2.35. The Balaban J connectivity index is 2.07. The van der Waals surface area contributed by atoms with Crippen molar-refractivity contribution in [3.05, 3.63) is 39.7 Å². The van der Waals surface area contributed by atoms with E-state index in [0.717, 1.165) is 31.0 Å². The molecule has 1 aromatic carbocycles. The molecule has 0 spiro atoms. The molecule has 0 heterocycles. The number of carbonyl (C=O) groups is 1. The second-order valence-electron chi connectivity index (χ2n) is 4.48. The van der Waals surface area contributed by atoms with Gasteiger partial charge in [-0.1, -0.05) is 0 Å². The summed E-state index contributed by atoms with van der Waals surface area (Å²) in [5, 5.41) is 13.1. The van der Waals surface area contributed by atoms with E-state index in [-0.39, 0.29) is 17.5 Å². The van der Waals surface area contributed by atoms with Crippen molar-refractivity contribution in [3.63, 3.8) is 0 Å². The molecule has 2 rings (SSSR count). The molecule has 1 atom stereocenters. The number of rotatable bonds is 5. The number of halogens is 2. The van der Waals surface area contributed by atoms with Gasteiger partial charge in [-0.2, -0.15) is 0 Å². The van der Waals surface area contributed by atoms with Gasteiger partial charge in [0.05, 0.1) is 16.4 Å². The van der Waals surface area contributed by atoms with E-state index in [1.165, 1.54) is 0 Å². The molecule has 0 radical (unpaired) electrons. The van der Waals surface area contributed by atoms with Gasteiger partial charge in [0.1, 0.15) is 11.4 Å². The number of nitro benzene ring substituents is 1. The molecule has 1 saturated carbocycles. The monoisotopic (exact) mass is 286 g/mol. The molecule has 5 nitrogen and oxygen atoms in total. The molecule has 1 amide bonds. The number of benzene rings is 1. The molecule has 7 heteroatoms. The van der Waals surface area contributed by atoms with Gasteiger partial charge in [-0.05, 0) is 30.9 Å². The zero-order valence-corrected chi connectivity index (χ0v) is 10.7. The Morgan fingerprint density at radius 3 is 2.84 bits per heavy atom. The van der Waals surface area contributed by atoms with Crippen LogP contribution < -0.4 is 5.32 Å². The van der Waals surface area contributed by atoms with E-state index in [1.807, 2.05) is 0 Å². The zero-order valence-electron chi connectivity index (χ0n) is 9.94. The number of hydrogen-bond acceptors (Lipinski definition) is 3. The fourth-order valence-electron chi connectivity index (χ4n) is 1.76. The van der Waals surface area contributed by atoms with Crippen molar-refractivity contribution in [3.8, 4) is 0 Å². The smallest absolute Gasteiger partial charge is 0.285 e. The van der Waals surface area contributed by atoms with Gasteiger partial charge in [0.25, 0.3) is 11.6 Å². The molecule has 0 aromatic heterocycles. The predicted molar refractivity (Wildman–Crippen MR) is 67.8 cm³/mol. The molecule has 1 unspecified atom stereocenters. The van der Waals surface area contributed by atoms with Gasteiger partial charge in [0, 0.05) is 6.54 Å². The average Bonchev–Trinajstić information content (AvgIpc) is 3.19. The van der Waals surface area contributed by atoms with Crippen LogP contribution in [0, 0.1) is 21.8 Å². The fourth-order valence-corrected chi connectivity index (χ4v) is 2.09. The van der Waals surface area contributed by atoms with Crippen LogP contribution in [0.1, 0.15) is 23.2 Å². The minimum atomic E-state index is -0.781. The number of nitro groups is 1. The largest absolute Gasteiger partial charge is 0.350 e. The summed E-state index contributed by atoms with van der Waals surface area (Å²) in [7, 11) is 0. The van der Waals surface area contributed by atoms with Crippen molar-refractivity contribution in [2.24, 2.45) is 5.92 Å². The van der Waals surface area contributed by atoms with Crippen LogP contribution in [0.15, 0.2) is 18.2 Å². The first kappa shape index (κ1) is 13.7. The summed E-state index contributed by atoms with van der Waals surface area (Å²) in [6.07, 6.45) is 2.08. The van der Waals surface area contributed by atoms with Crippen molar-refractivity contribution >= 4 is 23.2 Å². The Bertz CT molecular complexity index is 520. The van der Waals surface area contributed by atoms with E-state index in [4.69, 9.17) is 11.6 Å². The van der Waals surface area contributed by atoms with E-state index in [2.05, 4.69) is 5.32 Å². The molecular formula is C12H12ClFN2O3. The standard InChI is InChI=1S/C12H12ClFN2O3/c13-10(7-1-2-7)6-15-12(17)9-4-3-8(14)5-11(9)16(18)19/h3-5,7,10H,1-2,6H2,(H,15,17). The molecule has 1 aliphatic carbocycles. The summed E-state index contributed by atoms with van der Waals surface area (Å²) in [5.74, 6) is -0.959. The van der Waals surface area contributed by atoms with Gasteiger partial charge in [-0.15, -0.1) is 11.6 Å². The lowest BCUT2D eigenvalue weighted by atomic mass is 10.1. The maximum atomic E-state index is 12.9. The maximum Gasteiger partial charge on any atom is 0.285 e. The van der Waals surface area contributed by atoms with Crippen LogP contribution in [0.25, 0.3) is 0 Å². The first-order valence-corrected chi connectivity index (χ1v) is 6.29. The summed E-state index contributed by atoms with van der Waals surface area (Å²) in [4.78, 5) is 21.8. The molecule has 0 aliphatic heterocycles. The molecule has 0 bridgehead atoms. The number of nitrogens with zero attached hydrogens (tertiary/aromatic N) is 1. The number of hydrogen-bond donors (Lipinski definition) is 1. The van der Waals surface area contributed by atoms with Gasteiger partial charge in [0.15, 0.2) is 0 Å². The summed E-state index contributed by atoms with van der Waals surface area (Å²) in [6, 6.07) is 2.85. The SMILES string of the molecule is O=C(NCC(Cl)C1CC1)c1ccc(F)cc1[N+](=O)[O-]. The first-order valence-electron chi connectivity index (χ1n) is 5.85. The third kappa shape index (κ3) is 3.41. The summed E-state index contributed by atoms with van der Waals surface area (Å²) >= 11 is 6.03. The molecule has 1 N–H and O–H groups in total. The topological polar surface area (TPSA) is 72.2 Å². The Hall–Kier alpha value is -1.69. The minimum Gasteiger partial charge on any atom is -0.350 e. The Kier molecular flexibility index (Phi) is 3.99. The Labute approximate surface area is 113 Å².